The van der Waals surface area contributed by atoms with E-state index in [4.69, 9.17) is 8.94 Å². The van der Waals surface area contributed by atoms with E-state index in [0.717, 1.165) is 17.5 Å². The van der Waals surface area contributed by atoms with E-state index in [-0.39, 0.29) is 11.7 Å². The minimum Gasteiger partial charge on any atom is -0.455 e. The number of hydrogen-bond acceptors (Lipinski definition) is 6. The number of aryl methyl sites for hydroxylation is 3. The van der Waals surface area contributed by atoms with E-state index < -0.39 is 5.91 Å². The molecule has 0 fully saturated rings. The molecule has 0 unspecified atom stereocenters. The van der Waals surface area contributed by atoms with Crippen LogP contribution in [0.2, 0.25) is 0 Å². The van der Waals surface area contributed by atoms with Crippen LogP contribution in [0.3, 0.4) is 0 Å². The Labute approximate surface area is 173 Å². The van der Waals surface area contributed by atoms with Crippen molar-refractivity contribution in [3.63, 3.8) is 0 Å². The number of rotatable bonds is 4. The summed E-state index contributed by atoms with van der Waals surface area (Å²) in [5, 5.41) is 10.8. The maximum Gasteiger partial charge on any atom is 0.292 e. The highest BCUT2D eigenvalue weighted by atomic mass is 16.5. The van der Waals surface area contributed by atoms with Crippen LogP contribution < -0.4 is 10.7 Å². The molecule has 1 aliphatic carbocycles. The number of furan rings is 1. The lowest BCUT2D eigenvalue weighted by Gasteiger charge is -2.13. The maximum absolute atomic E-state index is 12.7. The van der Waals surface area contributed by atoms with Gasteiger partial charge in [-0.1, -0.05) is 22.9 Å². The fraction of sp³-hybridized carbons (Fsp3) is 0.273. The van der Waals surface area contributed by atoms with Crippen LogP contribution in [-0.2, 0) is 6.42 Å². The Kier molecular flexibility index (Phi) is 5.22. The third-order valence-electron chi connectivity index (χ3n) is 4.97. The van der Waals surface area contributed by atoms with Gasteiger partial charge < -0.3 is 14.3 Å². The summed E-state index contributed by atoms with van der Waals surface area (Å²) >= 11 is 0. The number of benzene rings is 1. The number of amides is 2. The van der Waals surface area contributed by atoms with E-state index in [0.29, 0.717) is 47.0 Å². The van der Waals surface area contributed by atoms with Gasteiger partial charge in [0.1, 0.15) is 11.5 Å². The van der Waals surface area contributed by atoms with E-state index in [9.17, 15) is 9.59 Å². The Morgan fingerprint density at radius 1 is 1.10 bits per heavy atom. The van der Waals surface area contributed by atoms with Crippen LogP contribution in [0.15, 0.2) is 44.4 Å². The van der Waals surface area contributed by atoms with Gasteiger partial charge in [-0.2, -0.15) is 5.10 Å². The molecular formula is C22H22N4O4. The molecule has 0 saturated carbocycles. The molecule has 30 heavy (non-hydrogen) atoms. The lowest BCUT2D eigenvalue weighted by atomic mass is 9.93. The zero-order chi connectivity index (χ0) is 21.3. The van der Waals surface area contributed by atoms with Gasteiger partial charge in [0, 0.05) is 29.2 Å². The van der Waals surface area contributed by atoms with Gasteiger partial charge in [-0.25, -0.2) is 5.43 Å². The van der Waals surface area contributed by atoms with E-state index >= 15 is 0 Å². The van der Waals surface area contributed by atoms with Gasteiger partial charge in [0.15, 0.2) is 11.6 Å². The molecule has 0 aliphatic heterocycles. The monoisotopic (exact) mass is 406 g/mol. The number of carbonyl (C=O) groups excluding carboxylic acids is 2. The van der Waals surface area contributed by atoms with Crippen molar-refractivity contribution >= 4 is 23.3 Å². The van der Waals surface area contributed by atoms with Gasteiger partial charge in [0.2, 0.25) is 0 Å². The molecule has 1 aliphatic rings. The molecule has 1 aromatic carbocycles. The second-order valence-electron chi connectivity index (χ2n) is 7.35. The molecule has 0 radical (unpaired) electrons. The highest BCUT2D eigenvalue weighted by Crippen LogP contribution is 2.30. The second-order valence-corrected chi connectivity index (χ2v) is 7.35. The Hall–Kier alpha value is -3.68. The molecule has 0 spiro atoms. The van der Waals surface area contributed by atoms with Gasteiger partial charge >= 0.3 is 0 Å². The van der Waals surface area contributed by atoms with E-state index in [2.05, 4.69) is 21.0 Å². The topological polar surface area (TPSA) is 110 Å². The van der Waals surface area contributed by atoms with Crippen LogP contribution in [0.4, 0.5) is 5.82 Å². The quantitative estimate of drug-likeness (QED) is 0.638. The van der Waals surface area contributed by atoms with Crippen molar-refractivity contribution in [2.45, 2.75) is 40.0 Å². The van der Waals surface area contributed by atoms with Crippen LogP contribution >= 0.6 is 0 Å². The number of nitrogens with one attached hydrogen (secondary N) is 2. The number of nitrogens with zero attached hydrogens (tertiary/aromatic N) is 2. The number of hydrazone groups is 1. The van der Waals surface area contributed by atoms with Crippen molar-refractivity contribution < 1.29 is 18.5 Å². The van der Waals surface area contributed by atoms with E-state index in [1.165, 1.54) is 0 Å². The summed E-state index contributed by atoms with van der Waals surface area (Å²) in [6, 6.07) is 8.93. The highest BCUT2D eigenvalue weighted by molar-refractivity contribution is 6.09. The van der Waals surface area contributed by atoms with E-state index in [1.54, 1.807) is 25.1 Å². The first-order valence-electron chi connectivity index (χ1n) is 9.73. The minimum atomic E-state index is -0.404. The highest BCUT2D eigenvalue weighted by Gasteiger charge is 2.28. The Morgan fingerprint density at radius 2 is 1.93 bits per heavy atom. The van der Waals surface area contributed by atoms with Crippen LogP contribution in [0, 0.1) is 20.8 Å². The van der Waals surface area contributed by atoms with Crippen molar-refractivity contribution in [2.24, 2.45) is 5.10 Å². The van der Waals surface area contributed by atoms with E-state index in [1.807, 2.05) is 26.0 Å². The van der Waals surface area contributed by atoms with Crippen LogP contribution in [-0.4, -0.2) is 22.7 Å². The SMILES string of the molecule is Cc1cccc(C(=O)N/N=C2\CCCc3oc(C(=O)Nc4cc(C)on4)c(C)c32)c1. The number of aromatic nitrogens is 1. The number of hydrogen-bond donors (Lipinski definition) is 2. The Morgan fingerprint density at radius 3 is 2.67 bits per heavy atom. The van der Waals surface area contributed by atoms with Gasteiger partial charge in [-0.05, 0) is 45.7 Å². The molecule has 8 nitrogen and oxygen atoms in total. The largest absolute Gasteiger partial charge is 0.455 e. The van der Waals surface area contributed by atoms with Gasteiger partial charge in [0.05, 0.1) is 5.71 Å². The van der Waals surface area contributed by atoms with Crippen molar-refractivity contribution in [1.82, 2.24) is 10.6 Å². The summed E-state index contributed by atoms with van der Waals surface area (Å²) in [6.07, 6.45) is 2.21. The van der Waals surface area contributed by atoms with Crippen molar-refractivity contribution in [2.75, 3.05) is 5.32 Å². The normalized spacial score (nSPS) is 14.4. The zero-order valence-corrected chi connectivity index (χ0v) is 17.0. The second kappa shape index (κ2) is 7.98. The Bertz CT molecular complexity index is 1160. The lowest BCUT2D eigenvalue weighted by molar-refractivity contribution is 0.0953. The van der Waals surface area contributed by atoms with Crippen LogP contribution in [0.5, 0.6) is 0 Å². The fourth-order valence-corrected chi connectivity index (χ4v) is 3.56. The number of anilines is 1. The summed E-state index contributed by atoms with van der Waals surface area (Å²) in [7, 11) is 0. The Balaban J connectivity index is 1.57. The predicted molar refractivity (Wildman–Crippen MR) is 111 cm³/mol. The maximum atomic E-state index is 12.7. The zero-order valence-electron chi connectivity index (χ0n) is 17.0. The van der Waals surface area contributed by atoms with Gasteiger partial charge in [-0.3, -0.25) is 9.59 Å². The molecule has 8 heteroatoms. The van der Waals surface area contributed by atoms with Crippen LogP contribution in [0.25, 0.3) is 0 Å². The molecule has 4 rings (SSSR count). The molecule has 154 valence electrons. The molecule has 0 saturated heterocycles. The minimum absolute atomic E-state index is 0.209. The molecule has 2 N–H and O–H groups in total. The summed E-state index contributed by atoms with van der Waals surface area (Å²) in [4.78, 5) is 25.1. The van der Waals surface area contributed by atoms with Crippen molar-refractivity contribution in [1.29, 1.82) is 0 Å². The molecule has 2 amide bonds. The first kappa shape index (κ1) is 19.6. The summed E-state index contributed by atoms with van der Waals surface area (Å²) < 4.78 is 10.8. The molecule has 3 aromatic rings. The fourth-order valence-electron chi connectivity index (χ4n) is 3.56. The molecular weight excluding hydrogens is 384 g/mol. The summed E-state index contributed by atoms with van der Waals surface area (Å²) in [6.45, 7) is 5.49. The molecule has 0 atom stereocenters. The predicted octanol–water partition coefficient (Wildman–Crippen LogP) is 3.92. The average molecular weight is 406 g/mol. The molecule has 0 bridgehead atoms. The first-order chi connectivity index (χ1) is 14.4. The van der Waals surface area contributed by atoms with Crippen molar-refractivity contribution in [3.8, 4) is 0 Å². The lowest BCUT2D eigenvalue weighted by Crippen LogP contribution is -2.22. The number of fused-ring (bicyclic) bond motifs is 1. The van der Waals surface area contributed by atoms with Gasteiger partial charge in [-0.15, -0.1) is 0 Å². The third-order valence-corrected chi connectivity index (χ3v) is 4.97. The van der Waals surface area contributed by atoms with Crippen LogP contribution in [0.1, 0.15) is 62.0 Å². The molecule has 2 aromatic heterocycles. The smallest absolute Gasteiger partial charge is 0.292 e. The van der Waals surface area contributed by atoms with Gasteiger partial charge in [0.25, 0.3) is 11.8 Å². The number of carbonyl (C=O) groups is 2. The third kappa shape index (κ3) is 3.89. The standard InChI is InChI=1S/C22H22N4O4/c1-12-6-4-7-15(10-12)21(27)25-24-16-8-5-9-17-19(16)14(3)20(29-17)22(28)23-18-11-13(2)30-26-18/h4,6-7,10-11H,5,8-9H2,1-3H3,(H,25,27)(H,23,26,28)/b24-16+. The molecule has 2 heterocycles. The van der Waals surface area contributed by atoms with Crippen molar-refractivity contribution in [3.05, 3.63) is 69.9 Å². The first-order valence-corrected chi connectivity index (χ1v) is 9.73. The average Bonchev–Trinajstić information content (AvgIpc) is 3.29. The summed E-state index contributed by atoms with van der Waals surface area (Å²) in [5.41, 5.74) is 6.35. The summed E-state index contributed by atoms with van der Waals surface area (Å²) in [5.74, 6) is 1.14.